The smallest absolute Gasteiger partial charge is 0.134 e. The lowest BCUT2D eigenvalue weighted by atomic mass is 10.0. The Balaban J connectivity index is 1.07. The highest BCUT2D eigenvalue weighted by atomic mass is 16.5. The molecule has 0 spiro atoms. The highest BCUT2D eigenvalue weighted by Gasteiger charge is 2.10. The molecule has 1 saturated heterocycles. The SMILES string of the molecule is c1ccc2c(OCCCCCCCCCCCCN3CCCC3)c3ccccc3cc2c1. The third-order valence-corrected chi connectivity index (χ3v) is 7.04. The summed E-state index contributed by atoms with van der Waals surface area (Å²) in [5, 5.41) is 4.98. The van der Waals surface area contributed by atoms with Gasteiger partial charge < -0.3 is 9.64 Å². The van der Waals surface area contributed by atoms with E-state index in [-0.39, 0.29) is 0 Å². The van der Waals surface area contributed by atoms with E-state index in [2.05, 4.69) is 59.5 Å². The zero-order valence-corrected chi connectivity index (χ0v) is 19.9. The molecule has 1 heterocycles. The summed E-state index contributed by atoms with van der Waals surface area (Å²) in [6.07, 6.45) is 16.5. The summed E-state index contributed by atoms with van der Waals surface area (Å²) in [6, 6.07) is 19.4. The molecule has 2 heteroatoms. The number of benzene rings is 3. The summed E-state index contributed by atoms with van der Waals surface area (Å²) in [5.41, 5.74) is 0. The van der Waals surface area contributed by atoms with E-state index < -0.39 is 0 Å². The minimum atomic E-state index is 0.815. The van der Waals surface area contributed by atoms with Crippen molar-refractivity contribution in [2.24, 2.45) is 0 Å². The van der Waals surface area contributed by atoms with Gasteiger partial charge in [0.2, 0.25) is 0 Å². The minimum Gasteiger partial charge on any atom is -0.492 e. The first kappa shape index (κ1) is 23.1. The normalized spacial score (nSPS) is 14.5. The fourth-order valence-electron chi connectivity index (χ4n) is 5.16. The van der Waals surface area contributed by atoms with E-state index in [9.17, 15) is 0 Å². The Labute approximate surface area is 195 Å². The first-order valence-corrected chi connectivity index (χ1v) is 13.2. The second-order valence-electron chi connectivity index (χ2n) is 9.58. The maximum absolute atomic E-state index is 6.35. The quantitative estimate of drug-likeness (QED) is 0.188. The van der Waals surface area contributed by atoms with Crippen LogP contribution in [0.2, 0.25) is 0 Å². The van der Waals surface area contributed by atoms with Crippen LogP contribution in [-0.4, -0.2) is 31.1 Å². The van der Waals surface area contributed by atoms with E-state index >= 15 is 0 Å². The van der Waals surface area contributed by atoms with E-state index in [1.54, 1.807) is 0 Å². The standard InChI is InChI=1S/C30H41NO/c1(3-5-7-13-21-31-22-14-15-23-31)2-4-6-8-16-24-32-30-28-19-11-9-17-26(28)25-27-18-10-12-20-29(27)30/h9-12,17-20,25H,1-8,13-16,21-24H2. The molecule has 1 fully saturated rings. The predicted octanol–water partition coefficient (Wildman–Crippen LogP) is 8.37. The zero-order chi connectivity index (χ0) is 21.8. The molecule has 1 aliphatic heterocycles. The van der Waals surface area contributed by atoms with Gasteiger partial charge in [-0.1, -0.05) is 99.9 Å². The van der Waals surface area contributed by atoms with E-state index in [1.165, 1.54) is 112 Å². The molecule has 172 valence electrons. The average Bonchev–Trinajstić information content (AvgIpc) is 3.35. The molecule has 1 aliphatic rings. The van der Waals surface area contributed by atoms with Crippen molar-refractivity contribution in [3.8, 4) is 5.75 Å². The van der Waals surface area contributed by atoms with Crippen LogP contribution in [-0.2, 0) is 0 Å². The lowest BCUT2D eigenvalue weighted by Crippen LogP contribution is -2.20. The van der Waals surface area contributed by atoms with Crippen molar-refractivity contribution in [3.63, 3.8) is 0 Å². The topological polar surface area (TPSA) is 12.5 Å². The summed E-state index contributed by atoms with van der Waals surface area (Å²) < 4.78 is 6.35. The van der Waals surface area contributed by atoms with Gasteiger partial charge in [0.25, 0.3) is 0 Å². The second-order valence-corrected chi connectivity index (χ2v) is 9.58. The van der Waals surface area contributed by atoms with Crippen molar-refractivity contribution in [1.29, 1.82) is 0 Å². The van der Waals surface area contributed by atoms with E-state index in [1.807, 2.05) is 0 Å². The molecule has 2 nitrogen and oxygen atoms in total. The van der Waals surface area contributed by atoms with E-state index in [4.69, 9.17) is 4.74 Å². The molecule has 0 unspecified atom stereocenters. The Hall–Kier alpha value is -2.06. The van der Waals surface area contributed by atoms with Crippen molar-refractivity contribution in [3.05, 3.63) is 54.6 Å². The molecule has 0 saturated carbocycles. The molecule has 0 radical (unpaired) electrons. The van der Waals surface area contributed by atoms with Crippen LogP contribution in [0, 0.1) is 0 Å². The fourth-order valence-corrected chi connectivity index (χ4v) is 5.16. The third kappa shape index (κ3) is 6.72. The summed E-state index contributed by atoms with van der Waals surface area (Å²) in [7, 11) is 0. The van der Waals surface area contributed by atoms with Gasteiger partial charge in [0.05, 0.1) is 6.61 Å². The number of unbranched alkanes of at least 4 members (excludes halogenated alkanes) is 9. The largest absolute Gasteiger partial charge is 0.492 e. The van der Waals surface area contributed by atoms with Gasteiger partial charge in [-0.25, -0.2) is 0 Å². The number of rotatable bonds is 14. The Morgan fingerprint density at radius 1 is 0.594 bits per heavy atom. The Bertz CT molecular complexity index is 890. The minimum absolute atomic E-state index is 0.815. The van der Waals surface area contributed by atoms with Crippen LogP contribution in [0.4, 0.5) is 0 Å². The van der Waals surface area contributed by atoms with Crippen LogP contribution >= 0.6 is 0 Å². The van der Waals surface area contributed by atoms with Crippen molar-refractivity contribution in [2.75, 3.05) is 26.2 Å². The number of hydrogen-bond donors (Lipinski definition) is 0. The number of likely N-dealkylation sites (tertiary alicyclic amines) is 1. The van der Waals surface area contributed by atoms with Gasteiger partial charge in [-0.05, 0) is 62.2 Å². The van der Waals surface area contributed by atoms with Gasteiger partial charge in [0.1, 0.15) is 5.75 Å². The second kappa shape index (κ2) is 12.8. The maximum Gasteiger partial charge on any atom is 0.134 e. The van der Waals surface area contributed by atoms with Crippen LogP contribution in [0.15, 0.2) is 54.6 Å². The molecule has 3 aromatic rings. The molecular formula is C30H41NO. The fraction of sp³-hybridized carbons (Fsp3) is 0.533. The highest BCUT2D eigenvalue weighted by molar-refractivity contribution is 6.05. The lowest BCUT2D eigenvalue weighted by Gasteiger charge is -2.13. The van der Waals surface area contributed by atoms with Gasteiger partial charge in [0, 0.05) is 10.8 Å². The van der Waals surface area contributed by atoms with Crippen LogP contribution < -0.4 is 4.74 Å². The van der Waals surface area contributed by atoms with Crippen LogP contribution in [0.3, 0.4) is 0 Å². The maximum atomic E-state index is 6.35. The number of ether oxygens (including phenoxy) is 1. The zero-order valence-electron chi connectivity index (χ0n) is 19.9. The van der Waals surface area contributed by atoms with Crippen LogP contribution in [0.5, 0.6) is 5.75 Å². The van der Waals surface area contributed by atoms with Gasteiger partial charge in [-0.3, -0.25) is 0 Å². The third-order valence-electron chi connectivity index (χ3n) is 7.04. The Morgan fingerprint density at radius 2 is 1.09 bits per heavy atom. The summed E-state index contributed by atoms with van der Waals surface area (Å²) in [6.45, 7) is 4.86. The molecule has 0 aliphatic carbocycles. The van der Waals surface area contributed by atoms with Crippen LogP contribution in [0.25, 0.3) is 21.5 Å². The Kier molecular flexibility index (Phi) is 9.28. The summed E-state index contributed by atoms with van der Waals surface area (Å²) in [5.74, 6) is 1.06. The molecule has 0 aromatic heterocycles. The molecule has 0 amide bonds. The van der Waals surface area contributed by atoms with Gasteiger partial charge in [0.15, 0.2) is 0 Å². The van der Waals surface area contributed by atoms with Crippen molar-refractivity contribution >= 4 is 21.5 Å². The Morgan fingerprint density at radius 3 is 1.69 bits per heavy atom. The molecule has 3 aromatic carbocycles. The molecular weight excluding hydrogens is 390 g/mol. The first-order chi connectivity index (χ1) is 15.9. The first-order valence-electron chi connectivity index (χ1n) is 13.2. The molecule has 0 atom stereocenters. The monoisotopic (exact) mass is 431 g/mol. The molecule has 0 bridgehead atoms. The van der Waals surface area contributed by atoms with Gasteiger partial charge in [-0.15, -0.1) is 0 Å². The summed E-state index contributed by atoms with van der Waals surface area (Å²) in [4.78, 5) is 2.65. The van der Waals surface area contributed by atoms with Crippen molar-refractivity contribution in [2.45, 2.75) is 77.0 Å². The van der Waals surface area contributed by atoms with Gasteiger partial charge >= 0.3 is 0 Å². The predicted molar refractivity (Wildman–Crippen MR) is 139 cm³/mol. The van der Waals surface area contributed by atoms with E-state index in [0.29, 0.717) is 0 Å². The number of fused-ring (bicyclic) bond motifs is 2. The lowest BCUT2D eigenvalue weighted by molar-refractivity contribution is 0.311. The number of hydrogen-bond acceptors (Lipinski definition) is 2. The van der Waals surface area contributed by atoms with Crippen LogP contribution in [0.1, 0.15) is 77.0 Å². The van der Waals surface area contributed by atoms with Crippen molar-refractivity contribution in [1.82, 2.24) is 4.90 Å². The van der Waals surface area contributed by atoms with Gasteiger partial charge in [-0.2, -0.15) is 0 Å². The van der Waals surface area contributed by atoms with Crippen molar-refractivity contribution < 1.29 is 4.74 Å². The highest BCUT2D eigenvalue weighted by Crippen LogP contribution is 2.34. The molecule has 0 N–H and O–H groups in total. The molecule has 32 heavy (non-hydrogen) atoms. The number of nitrogens with zero attached hydrogens (tertiary/aromatic N) is 1. The molecule has 4 rings (SSSR count). The average molecular weight is 432 g/mol. The summed E-state index contributed by atoms with van der Waals surface area (Å²) >= 11 is 0. The van der Waals surface area contributed by atoms with E-state index in [0.717, 1.165) is 18.8 Å².